The van der Waals surface area contributed by atoms with E-state index >= 15 is 0 Å². The maximum atomic E-state index is 13.7. The van der Waals surface area contributed by atoms with E-state index in [-0.39, 0.29) is 11.9 Å². The average molecular weight is 231 g/mol. The first-order chi connectivity index (χ1) is 8.25. The molecule has 1 atom stereocenters. The molecule has 0 bridgehead atoms. The van der Waals surface area contributed by atoms with Gasteiger partial charge in [0.1, 0.15) is 11.5 Å². The van der Waals surface area contributed by atoms with E-state index in [0.717, 1.165) is 30.5 Å². The molecule has 1 aromatic heterocycles. The molecule has 0 saturated carbocycles. The molecule has 0 amide bonds. The zero-order valence-corrected chi connectivity index (χ0v) is 9.44. The van der Waals surface area contributed by atoms with Crippen LogP contribution >= 0.6 is 0 Å². The van der Waals surface area contributed by atoms with Crippen molar-refractivity contribution in [1.29, 1.82) is 0 Å². The summed E-state index contributed by atoms with van der Waals surface area (Å²) in [6.45, 7) is 0. The molecule has 0 spiro atoms. The molecule has 4 heteroatoms. The predicted octanol–water partition coefficient (Wildman–Crippen LogP) is 1.83. The number of hydrogen-bond donors (Lipinski definition) is 1. The Morgan fingerprint density at radius 1 is 1.35 bits per heavy atom. The lowest BCUT2D eigenvalue weighted by Crippen LogP contribution is -2.28. The van der Waals surface area contributed by atoms with Crippen molar-refractivity contribution in [3.05, 3.63) is 47.5 Å². The van der Waals surface area contributed by atoms with Gasteiger partial charge in [-0.25, -0.2) is 9.07 Å². The average Bonchev–Trinajstić information content (AvgIpc) is 2.72. The van der Waals surface area contributed by atoms with Crippen LogP contribution < -0.4 is 5.73 Å². The number of nitrogens with two attached hydrogens (primary N) is 1. The van der Waals surface area contributed by atoms with E-state index < -0.39 is 0 Å². The first kappa shape index (κ1) is 10.5. The summed E-state index contributed by atoms with van der Waals surface area (Å²) in [6.07, 6.45) is 4.45. The summed E-state index contributed by atoms with van der Waals surface area (Å²) in [5.41, 5.74) is 8.67. The molecule has 1 heterocycles. The van der Waals surface area contributed by atoms with Gasteiger partial charge in [0.15, 0.2) is 0 Å². The Morgan fingerprint density at radius 3 is 3.00 bits per heavy atom. The molecule has 0 aliphatic heterocycles. The molecule has 88 valence electrons. The zero-order chi connectivity index (χ0) is 11.8. The van der Waals surface area contributed by atoms with Crippen LogP contribution in [0.2, 0.25) is 0 Å². The van der Waals surface area contributed by atoms with Crippen LogP contribution in [0.25, 0.3) is 5.69 Å². The standard InChI is InChI=1S/C13H14FN3/c14-11-3-1-2-4-13(11)17-12-6-5-10(15)7-9(12)8-16-17/h1-4,8,10H,5-7,15H2. The third kappa shape index (κ3) is 1.74. The summed E-state index contributed by atoms with van der Waals surface area (Å²) in [7, 11) is 0. The Balaban J connectivity index is 2.09. The SMILES string of the molecule is NC1CCc2c(cnn2-c2ccccc2F)C1. The normalized spacial score (nSPS) is 19.1. The molecule has 1 aromatic carbocycles. The van der Waals surface area contributed by atoms with Gasteiger partial charge in [-0.3, -0.25) is 0 Å². The minimum absolute atomic E-state index is 0.209. The number of rotatable bonds is 1. The number of hydrogen-bond acceptors (Lipinski definition) is 2. The van der Waals surface area contributed by atoms with Gasteiger partial charge in [0.25, 0.3) is 0 Å². The molecule has 0 saturated heterocycles. The van der Waals surface area contributed by atoms with Gasteiger partial charge in [0.05, 0.1) is 6.20 Å². The molecule has 0 fully saturated rings. The summed E-state index contributed by atoms with van der Waals surface area (Å²) in [5, 5.41) is 4.28. The lowest BCUT2D eigenvalue weighted by Gasteiger charge is -2.19. The van der Waals surface area contributed by atoms with E-state index in [2.05, 4.69) is 5.10 Å². The molecular weight excluding hydrogens is 217 g/mol. The molecule has 1 aliphatic carbocycles. The fraction of sp³-hybridized carbons (Fsp3) is 0.308. The van der Waals surface area contributed by atoms with Crippen LogP contribution in [0.1, 0.15) is 17.7 Å². The van der Waals surface area contributed by atoms with Crippen molar-refractivity contribution in [3.8, 4) is 5.69 Å². The zero-order valence-electron chi connectivity index (χ0n) is 9.44. The number of fused-ring (bicyclic) bond motifs is 1. The summed E-state index contributed by atoms with van der Waals surface area (Å²) >= 11 is 0. The number of halogens is 1. The molecular formula is C13H14FN3. The van der Waals surface area contributed by atoms with E-state index in [9.17, 15) is 4.39 Å². The Morgan fingerprint density at radius 2 is 2.18 bits per heavy atom. The Kier molecular flexibility index (Phi) is 2.44. The van der Waals surface area contributed by atoms with Crippen molar-refractivity contribution in [2.24, 2.45) is 5.73 Å². The molecule has 3 nitrogen and oxygen atoms in total. The highest BCUT2D eigenvalue weighted by atomic mass is 19.1. The van der Waals surface area contributed by atoms with Gasteiger partial charge in [-0.1, -0.05) is 12.1 Å². The monoisotopic (exact) mass is 231 g/mol. The van der Waals surface area contributed by atoms with Crippen LogP contribution in [0, 0.1) is 5.82 Å². The van der Waals surface area contributed by atoms with Gasteiger partial charge >= 0.3 is 0 Å². The maximum absolute atomic E-state index is 13.7. The van der Waals surface area contributed by atoms with E-state index in [4.69, 9.17) is 5.73 Å². The van der Waals surface area contributed by atoms with Crippen LogP contribution in [0.4, 0.5) is 4.39 Å². The summed E-state index contributed by atoms with van der Waals surface area (Å²) in [6, 6.07) is 6.92. The first-order valence-electron chi connectivity index (χ1n) is 5.82. The minimum Gasteiger partial charge on any atom is -0.327 e. The van der Waals surface area contributed by atoms with E-state index in [1.807, 2.05) is 6.07 Å². The molecule has 0 radical (unpaired) electrons. The fourth-order valence-corrected chi connectivity index (χ4v) is 2.38. The highest BCUT2D eigenvalue weighted by molar-refractivity contribution is 5.37. The molecule has 2 N–H and O–H groups in total. The van der Waals surface area contributed by atoms with Crippen LogP contribution in [0.15, 0.2) is 30.5 Å². The van der Waals surface area contributed by atoms with Crippen molar-refractivity contribution in [1.82, 2.24) is 9.78 Å². The minimum atomic E-state index is -0.242. The molecule has 1 aliphatic rings. The second kappa shape index (κ2) is 3.96. The first-order valence-corrected chi connectivity index (χ1v) is 5.82. The maximum Gasteiger partial charge on any atom is 0.148 e. The second-order valence-corrected chi connectivity index (χ2v) is 4.48. The van der Waals surface area contributed by atoms with Crippen LogP contribution in [0.5, 0.6) is 0 Å². The number of nitrogens with zero attached hydrogens (tertiary/aromatic N) is 2. The smallest absolute Gasteiger partial charge is 0.148 e. The van der Waals surface area contributed by atoms with Crippen molar-refractivity contribution in [2.75, 3.05) is 0 Å². The largest absolute Gasteiger partial charge is 0.327 e. The van der Waals surface area contributed by atoms with E-state index in [1.54, 1.807) is 23.0 Å². The Bertz CT molecular complexity index is 547. The highest BCUT2D eigenvalue weighted by Crippen LogP contribution is 2.24. The van der Waals surface area contributed by atoms with Gasteiger partial charge in [0.2, 0.25) is 0 Å². The lowest BCUT2D eigenvalue weighted by molar-refractivity contribution is 0.555. The third-order valence-corrected chi connectivity index (χ3v) is 3.27. The molecule has 3 rings (SSSR count). The predicted molar refractivity (Wildman–Crippen MR) is 63.5 cm³/mol. The van der Waals surface area contributed by atoms with Gasteiger partial charge in [0, 0.05) is 11.7 Å². The number of aromatic nitrogens is 2. The Hall–Kier alpha value is -1.68. The summed E-state index contributed by atoms with van der Waals surface area (Å²) in [5.74, 6) is -0.242. The Labute approximate surface area is 99.1 Å². The molecule has 1 unspecified atom stereocenters. The van der Waals surface area contributed by atoms with Crippen molar-refractivity contribution in [2.45, 2.75) is 25.3 Å². The number of benzene rings is 1. The van der Waals surface area contributed by atoms with Gasteiger partial charge in [-0.15, -0.1) is 0 Å². The van der Waals surface area contributed by atoms with Gasteiger partial charge < -0.3 is 5.73 Å². The van der Waals surface area contributed by atoms with Crippen molar-refractivity contribution >= 4 is 0 Å². The summed E-state index contributed by atoms with van der Waals surface area (Å²) in [4.78, 5) is 0. The van der Waals surface area contributed by atoms with Crippen LogP contribution in [-0.4, -0.2) is 15.8 Å². The van der Waals surface area contributed by atoms with Crippen LogP contribution in [-0.2, 0) is 12.8 Å². The topological polar surface area (TPSA) is 43.8 Å². The molecule has 2 aromatic rings. The highest BCUT2D eigenvalue weighted by Gasteiger charge is 2.21. The van der Waals surface area contributed by atoms with Crippen LogP contribution in [0.3, 0.4) is 0 Å². The molecule has 17 heavy (non-hydrogen) atoms. The van der Waals surface area contributed by atoms with Crippen molar-refractivity contribution in [3.63, 3.8) is 0 Å². The number of para-hydroxylation sites is 1. The fourth-order valence-electron chi connectivity index (χ4n) is 2.38. The third-order valence-electron chi connectivity index (χ3n) is 3.27. The second-order valence-electron chi connectivity index (χ2n) is 4.48. The van der Waals surface area contributed by atoms with Gasteiger partial charge in [-0.05, 0) is 37.0 Å². The van der Waals surface area contributed by atoms with Crippen molar-refractivity contribution < 1.29 is 4.39 Å². The lowest BCUT2D eigenvalue weighted by atomic mass is 9.94. The van der Waals surface area contributed by atoms with Gasteiger partial charge in [-0.2, -0.15) is 5.10 Å². The summed E-state index contributed by atoms with van der Waals surface area (Å²) < 4.78 is 15.4. The van der Waals surface area contributed by atoms with E-state index in [1.165, 1.54) is 6.07 Å². The van der Waals surface area contributed by atoms with E-state index in [0.29, 0.717) is 5.69 Å². The quantitative estimate of drug-likeness (QED) is 0.813.